The van der Waals surface area contributed by atoms with Crippen molar-refractivity contribution in [2.75, 3.05) is 5.32 Å². The number of rotatable bonds is 5. The monoisotopic (exact) mass is 460 g/mol. The number of thiazole rings is 1. The maximum atomic E-state index is 13.2. The van der Waals surface area contributed by atoms with Gasteiger partial charge in [-0.1, -0.05) is 0 Å². The molecule has 164 valence electrons. The Bertz CT molecular complexity index is 1330. The zero-order valence-electron chi connectivity index (χ0n) is 16.7. The van der Waals surface area contributed by atoms with Gasteiger partial charge in [-0.05, 0) is 19.9 Å². The average molecular weight is 460 g/mol. The minimum atomic E-state index is -4.75. The van der Waals surface area contributed by atoms with Crippen LogP contribution in [0.15, 0.2) is 42.7 Å². The molecular weight excluding hydrogens is 445 g/mol. The Balaban J connectivity index is 1.65. The van der Waals surface area contributed by atoms with Crippen LogP contribution in [-0.4, -0.2) is 36.2 Å². The van der Waals surface area contributed by atoms with Gasteiger partial charge in [-0.2, -0.15) is 13.2 Å². The van der Waals surface area contributed by atoms with Gasteiger partial charge in [0.1, 0.15) is 16.9 Å². The van der Waals surface area contributed by atoms with E-state index < -0.39 is 22.7 Å². The minimum Gasteiger partial charge on any atom is -0.329 e. The van der Waals surface area contributed by atoms with E-state index in [9.17, 15) is 22.8 Å². The first kappa shape index (κ1) is 21.6. The van der Waals surface area contributed by atoms with Crippen molar-refractivity contribution in [2.24, 2.45) is 0 Å². The molecule has 0 aliphatic carbocycles. The molecule has 0 bridgehead atoms. The van der Waals surface area contributed by atoms with Gasteiger partial charge < -0.3 is 9.88 Å². The summed E-state index contributed by atoms with van der Waals surface area (Å²) in [6.07, 6.45) is 2.40. The zero-order chi connectivity index (χ0) is 23.0. The highest BCUT2D eigenvalue weighted by molar-refractivity contribution is 7.12. The van der Waals surface area contributed by atoms with Crippen molar-refractivity contribution in [1.29, 1.82) is 0 Å². The molecule has 0 saturated heterocycles. The number of nitrogens with zero attached hydrogens (tertiary/aromatic N) is 5. The normalized spacial score (nSPS) is 11.8. The summed E-state index contributed by atoms with van der Waals surface area (Å²) in [5.41, 5.74) is 0.854. The molecule has 0 aliphatic rings. The van der Waals surface area contributed by atoms with Crippen molar-refractivity contribution in [1.82, 2.24) is 24.5 Å². The number of carbonyl (C=O) groups excluding carboxylic acids is 2. The van der Waals surface area contributed by atoms with E-state index in [1.165, 1.54) is 31.0 Å². The zero-order valence-corrected chi connectivity index (χ0v) is 17.5. The van der Waals surface area contributed by atoms with Crippen LogP contribution < -0.4 is 5.32 Å². The van der Waals surface area contributed by atoms with Gasteiger partial charge in [0.25, 0.3) is 5.91 Å². The summed E-state index contributed by atoms with van der Waals surface area (Å²) in [6, 6.07) is 1.39. The lowest BCUT2D eigenvalue weighted by Crippen LogP contribution is -2.17. The van der Waals surface area contributed by atoms with Crippen LogP contribution in [0.4, 0.5) is 18.9 Å². The van der Waals surface area contributed by atoms with Gasteiger partial charge in [0.2, 0.25) is 0 Å². The first-order chi connectivity index (χ1) is 15.2. The van der Waals surface area contributed by atoms with Gasteiger partial charge in [0, 0.05) is 35.6 Å². The Hall–Kier alpha value is -3.67. The van der Waals surface area contributed by atoms with Crippen molar-refractivity contribution in [2.45, 2.75) is 26.1 Å². The molecule has 4 aromatic rings. The molecule has 0 atom stereocenters. The summed E-state index contributed by atoms with van der Waals surface area (Å²) in [4.78, 5) is 40.4. The highest BCUT2D eigenvalue weighted by atomic mass is 32.1. The van der Waals surface area contributed by atoms with Crippen LogP contribution in [0, 0.1) is 0 Å². The predicted molar refractivity (Wildman–Crippen MR) is 111 cm³/mol. The first-order valence-corrected chi connectivity index (χ1v) is 10.2. The summed E-state index contributed by atoms with van der Waals surface area (Å²) in [5, 5.41) is 2.91. The molecule has 1 amide bonds. The van der Waals surface area contributed by atoms with Gasteiger partial charge in [0.15, 0.2) is 11.5 Å². The molecule has 0 aliphatic heterocycles. The largest absolute Gasteiger partial charge is 0.434 e. The average Bonchev–Trinajstić information content (AvgIpc) is 3.39. The molecule has 4 rings (SSSR count). The van der Waals surface area contributed by atoms with Crippen molar-refractivity contribution >= 4 is 39.7 Å². The van der Waals surface area contributed by atoms with Crippen molar-refractivity contribution in [3.63, 3.8) is 0 Å². The number of amides is 1. The smallest absolute Gasteiger partial charge is 0.329 e. The first-order valence-electron chi connectivity index (χ1n) is 9.29. The third-order valence-electron chi connectivity index (χ3n) is 4.60. The lowest BCUT2D eigenvalue weighted by Gasteiger charge is -2.08. The lowest BCUT2D eigenvalue weighted by atomic mass is 10.1. The standard InChI is InChI=1S/C20H15F3N6O2S/c1-10(2)29-7-14(13-6-25-8-26-18(13)29)15(30)11-3-12(5-24-4-11)28-19(31)16-17(20(21,22)23)27-9-32-16/h3-10H,1-2H3,(H,28,31). The summed E-state index contributed by atoms with van der Waals surface area (Å²) in [7, 11) is 0. The third kappa shape index (κ3) is 3.96. The molecule has 0 saturated carbocycles. The molecule has 8 nitrogen and oxygen atoms in total. The van der Waals surface area contributed by atoms with Crippen LogP contribution in [0.25, 0.3) is 11.0 Å². The van der Waals surface area contributed by atoms with E-state index in [1.54, 1.807) is 6.20 Å². The summed E-state index contributed by atoms with van der Waals surface area (Å²) in [6.45, 7) is 3.89. The number of hydrogen-bond acceptors (Lipinski definition) is 7. The van der Waals surface area contributed by atoms with Gasteiger partial charge in [0.05, 0.1) is 23.0 Å². The second-order valence-corrected chi connectivity index (χ2v) is 7.93. The molecular formula is C20H15F3N6O2S. The Morgan fingerprint density at radius 2 is 1.91 bits per heavy atom. The van der Waals surface area contributed by atoms with Gasteiger partial charge in [-0.15, -0.1) is 11.3 Å². The number of alkyl halides is 3. The van der Waals surface area contributed by atoms with Crippen molar-refractivity contribution < 1.29 is 22.8 Å². The molecule has 0 aromatic carbocycles. The van der Waals surface area contributed by atoms with E-state index in [2.05, 4.69) is 25.3 Å². The maximum Gasteiger partial charge on any atom is 0.434 e. The lowest BCUT2D eigenvalue weighted by molar-refractivity contribution is -0.141. The van der Waals surface area contributed by atoms with E-state index in [0.29, 0.717) is 27.9 Å². The van der Waals surface area contributed by atoms with Crippen LogP contribution in [0.5, 0.6) is 0 Å². The third-order valence-corrected chi connectivity index (χ3v) is 5.42. The van der Waals surface area contributed by atoms with E-state index in [1.807, 2.05) is 18.4 Å². The number of hydrogen-bond donors (Lipinski definition) is 1. The molecule has 0 spiro atoms. The highest BCUT2D eigenvalue weighted by Gasteiger charge is 2.38. The van der Waals surface area contributed by atoms with Gasteiger partial charge in [-0.3, -0.25) is 14.6 Å². The van der Waals surface area contributed by atoms with E-state index in [4.69, 9.17) is 0 Å². The minimum absolute atomic E-state index is 0.0416. The second-order valence-electron chi connectivity index (χ2n) is 7.08. The number of ketones is 1. The number of carbonyl (C=O) groups is 2. The number of anilines is 1. The molecule has 0 fully saturated rings. The molecule has 0 unspecified atom stereocenters. The fourth-order valence-electron chi connectivity index (χ4n) is 3.15. The number of halogens is 3. The van der Waals surface area contributed by atoms with Crippen molar-refractivity contribution in [3.05, 3.63) is 64.4 Å². The molecule has 12 heteroatoms. The Labute approximate surface area is 183 Å². The Kier molecular flexibility index (Phi) is 5.46. The van der Waals surface area contributed by atoms with E-state index in [-0.39, 0.29) is 23.1 Å². The summed E-state index contributed by atoms with van der Waals surface area (Å²) >= 11 is 0.571. The Morgan fingerprint density at radius 3 is 2.62 bits per heavy atom. The SMILES string of the molecule is CC(C)n1cc(C(=O)c2cncc(NC(=O)c3scnc3C(F)(F)F)c2)c2cncnc21. The number of aromatic nitrogens is 5. The van der Waals surface area contributed by atoms with Crippen LogP contribution in [0.2, 0.25) is 0 Å². The van der Waals surface area contributed by atoms with Crippen LogP contribution in [0.3, 0.4) is 0 Å². The van der Waals surface area contributed by atoms with E-state index >= 15 is 0 Å². The molecule has 1 N–H and O–H groups in total. The fraction of sp³-hybridized carbons (Fsp3) is 0.200. The second kappa shape index (κ2) is 8.11. The summed E-state index contributed by atoms with van der Waals surface area (Å²) < 4.78 is 40.9. The Morgan fingerprint density at radius 1 is 1.12 bits per heavy atom. The predicted octanol–water partition coefficient (Wildman–Crippen LogP) is 4.37. The van der Waals surface area contributed by atoms with Gasteiger partial charge >= 0.3 is 6.18 Å². The fourth-order valence-corrected chi connectivity index (χ4v) is 3.85. The van der Waals surface area contributed by atoms with Crippen LogP contribution >= 0.6 is 11.3 Å². The van der Waals surface area contributed by atoms with Crippen LogP contribution in [-0.2, 0) is 6.18 Å². The molecule has 4 heterocycles. The van der Waals surface area contributed by atoms with Gasteiger partial charge in [-0.25, -0.2) is 15.0 Å². The topological polar surface area (TPSA) is 103 Å². The molecule has 4 aromatic heterocycles. The molecule has 0 radical (unpaired) electrons. The van der Waals surface area contributed by atoms with Crippen LogP contribution in [0.1, 0.15) is 51.2 Å². The number of pyridine rings is 1. The summed E-state index contributed by atoms with van der Waals surface area (Å²) in [5.74, 6) is -1.38. The quantitative estimate of drug-likeness (QED) is 0.444. The number of nitrogens with one attached hydrogen (secondary N) is 1. The van der Waals surface area contributed by atoms with Crippen molar-refractivity contribution in [3.8, 4) is 0 Å². The van der Waals surface area contributed by atoms with E-state index in [0.717, 1.165) is 5.51 Å². The molecule has 32 heavy (non-hydrogen) atoms. The number of fused-ring (bicyclic) bond motifs is 1. The highest BCUT2D eigenvalue weighted by Crippen LogP contribution is 2.33. The maximum absolute atomic E-state index is 13.2.